The van der Waals surface area contributed by atoms with Crippen LogP contribution < -0.4 is 14.8 Å². The fourth-order valence-electron chi connectivity index (χ4n) is 4.98. The summed E-state index contributed by atoms with van der Waals surface area (Å²) in [5.41, 5.74) is 1.74. The second kappa shape index (κ2) is 9.20. The number of rotatable bonds is 6. The lowest BCUT2D eigenvalue weighted by Crippen LogP contribution is -2.29. The number of ether oxygens (including phenoxy) is 1. The molecular formula is C27H25F3N2O3S. The molecule has 1 heterocycles. The third-order valence-corrected chi connectivity index (χ3v) is 8.02. The highest BCUT2D eigenvalue weighted by Gasteiger charge is 2.38. The molecule has 0 unspecified atom stereocenters. The molecule has 2 aliphatic rings. The van der Waals surface area contributed by atoms with Crippen molar-refractivity contribution in [2.45, 2.75) is 36.4 Å². The molecule has 3 aromatic rings. The van der Waals surface area contributed by atoms with Gasteiger partial charge in [0.15, 0.2) is 0 Å². The Morgan fingerprint density at radius 1 is 1.06 bits per heavy atom. The van der Waals surface area contributed by atoms with Crippen LogP contribution in [-0.2, 0) is 16.2 Å². The Morgan fingerprint density at radius 2 is 1.83 bits per heavy atom. The van der Waals surface area contributed by atoms with E-state index in [1.54, 1.807) is 12.1 Å². The van der Waals surface area contributed by atoms with Gasteiger partial charge in [-0.05, 0) is 78.9 Å². The van der Waals surface area contributed by atoms with Crippen LogP contribution >= 0.6 is 0 Å². The molecule has 5 nitrogen and oxygen atoms in total. The summed E-state index contributed by atoms with van der Waals surface area (Å²) in [6, 6.07) is 17.0. The molecule has 0 fully saturated rings. The Labute approximate surface area is 208 Å². The van der Waals surface area contributed by atoms with E-state index in [0.29, 0.717) is 6.61 Å². The monoisotopic (exact) mass is 514 g/mol. The molecule has 0 spiro atoms. The normalized spacial score (nSPS) is 20.8. The number of anilines is 2. The van der Waals surface area contributed by atoms with E-state index in [-0.39, 0.29) is 28.5 Å². The van der Waals surface area contributed by atoms with Crippen LogP contribution in [0.3, 0.4) is 0 Å². The molecule has 3 aromatic carbocycles. The second-order valence-corrected chi connectivity index (χ2v) is 10.6. The van der Waals surface area contributed by atoms with Crippen LogP contribution in [0.2, 0.25) is 0 Å². The fourth-order valence-corrected chi connectivity index (χ4v) is 6.07. The first-order valence-corrected chi connectivity index (χ1v) is 13.1. The summed E-state index contributed by atoms with van der Waals surface area (Å²) in [5, 5.41) is 3.57. The van der Waals surface area contributed by atoms with Crippen molar-refractivity contribution >= 4 is 21.4 Å². The second-order valence-electron chi connectivity index (χ2n) is 8.91. The summed E-state index contributed by atoms with van der Waals surface area (Å²) in [6.45, 7) is 2.53. The van der Waals surface area contributed by atoms with Gasteiger partial charge in [0.25, 0.3) is 10.0 Å². The molecule has 0 bridgehead atoms. The number of nitrogens with one attached hydrogen (secondary N) is 2. The number of hydrogen-bond acceptors (Lipinski definition) is 4. The molecule has 36 heavy (non-hydrogen) atoms. The third kappa shape index (κ3) is 4.67. The molecular weight excluding hydrogens is 489 g/mol. The van der Waals surface area contributed by atoms with Crippen LogP contribution in [0.25, 0.3) is 0 Å². The van der Waals surface area contributed by atoms with Crippen molar-refractivity contribution in [2.24, 2.45) is 5.92 Å². The van der Waals surface area contributed by atoms with Crippen molar-refractivity contribution in [3.05, 3.63) is 95.6 Å². The predicted molar refractivity (Wildman–Crippen MR) is 133 cm³/mol. The van der Waals surface area contributed by atoms with E-state index in [1.165, 1.54) is 18.2 Å². The molecule has 3 atom stereocenters. The largest absolute Gasteiger partial charge is 0.494 e. The predicted octanol–water partition coefficient (Wildman–Crippen LogP) is 6.73. The number of halogens is 3. The van der Waals surface area contributed by atoms with E-state index in [0.717, 1.165) is 41.1 Å². The van der Waals surface area contributed by atoms with E-state index in [1.807, 2.05) is 31.2 Å². The summed E-state index contributed by atoms with van der Waals surface area (Å²) in [4.78, 5) is -0.000899. The number of hydrogen-bond donors (Lipinski definition) is 2. The summed E-state index contributed by atoms with van der Waals surface area (Å²) < 4.78 is 73.1. The van der Waals surface area contributed by atoms with E-state index < -0.39 is 21.8 Å². The van der Waals surface area contributed by atoms with Gasteiger partial charge in [-0.1, -0.05) is 30.4 Å². The highest BCUT2D eigenvalue weighted by molar-refractivity contribution is 7.92. The first-order chi connectivity index (χ1) is 17.2. The zero-order valence-electron chi connectivity index (χ0n) is 19.4. The lowest BCUT2D eigenvalue weighted by Gasteiger charge is -2.37. The van der Waals surface area contributed by atoms with Crippen LogP contribution in [0.4, 0.5) is 24.5 Å². The average Bonchev–Trinajstić information content (AvgIpc) is 3.34. The van der Waals surface area contributed by atoms with Crippen molar-refractivity contribution in [2.75, 3.05) is 16.6 Å². The van der Waals surface area contributed by atoms with Gasteiger partial charge in [0.05, 0.1) is 23.1 Å². The van der Waals surface area contributed by atoms with Crippen LogP contribution in [-0.4, -0.2) is 15.0 Å². The van der Waals surface area contributed by atoms with Gasteiger partial charge in [-0.25, -0.2) is 8.42 Å². The Bertz CT molecular complexity index is 1400. The van der Waals surface area contributed by atoms with Gasteiger partial charge in [-0.15, -0.1) is 0 Å². The van der Waals surface area contributed by atoms with Gasteiger partial charge in [-0.3, -0.25) is 4.72 Å². The number of fused-ring (bicyclic) bond motifs is 3. The molecule has 9 heteroatoms. The Kier molecular flexibility index (Phi) is 6.20. The fraction of sp³-hybridized carbons (Fsp3) is 0.259. The van der Waals surface area contributed by atoms with E-state index in [9.17, 15) is 21.6 Å². The van der Waals surface area contributed by atoms with Crippen molar-refractivity contribution in [1.29, 1.82) is 0 Å². The maximum absolute atomic E-state index is 13.1. The first-order valence-electron chi connectivity index (χ1n) is 11.7. The van der Waals surface area contributed by atoms with Gasteiger partial charge in [-0.2, -0.15) is 13.2 Å². The Balaban J connectivity index is 1.43. The molecule has 0 radical (unpaired) electrons. The quantitative estimate of drug-likeness (QED) is 0.358. The van der Waals surface area contributed by atoms with Gasteiger partial charge in [0.1, 0.15) is 5.75 Å². The third-order valence-electron chi connectivity index (χ3n) is 6.64. The van der Waals surface area contributed by atoms with Crippen molar-refractivity contribution in [3.8, 4) is 5.75 Å². The maximum Gasteiger partial charge on any atom is 0.416 e. The maximum atomic E-state index is 13.1. The van der Waals surface area contributed by atoms with Crippen LogP contribution in [0.5, 0.6) is 5.75 Å². The minimum absolute atomic E-state index is 0.000899. The van der Waals surface area contributed by atoms with Crippen molar-refractivity contribution in [1.82, 2.24) is 0 Å². The average molecular weight is 515 g/mol. The number of benzene rings is 3. The molecule has 1 aliphatic heterocycles. The molecule has 2 N–H and O–H groups in total. The van der Waals surface area contributed by atoms with Gasteiger partial charge >= 0.3 is 6.18 Å². The van der Waals surface area contributed by atoms with E-state index >= 15 is 0 Å². The SMILES string of the molecule is CCOc1ccc([C@H]2Nc3ccc(S(=O)(=O)Nc4cccc(C(F)(F)F)c4)cc3[C@H]3C=CC[C@H]32)cc1. The Hall–Kier alpha value is -3.46. The number of allylic oxidation sites excluding steroid dienone is 2. The standard InChI is InChI=1S/C27H25F3N2O3S/c1-2-35-20-11-9-17(10-12-20)26-23-8-4-7-22(23)24-16-21(13-14-25(24)31-26)36(33,34)32-19-6-3-5-18(15-19)27(28,29)30/h3-7,9-16,22-23,26,31-32H,2,8H2,1H3/t22-,23+,26+/m0/s1. The van der Waals surface area contributed by atoms with Crippen molar-refractivity contribution < 1.29 is 26.3 Å². The summed E-state index contributed by atoms with van der Waals surface area (Å²) >= 11 is 0. The number of sulfonamides is 1. The molecule has 0 amide bonds. The molecule has 0 aromatic heterocycles. The smallest absolute Gasteiger partial charge is 0.416 e. The summed E-state index contributed by atoms with van der Waals surface area (Å²) in [6.07, 6.45) is 0.482. The van der Waals surface area contributed by atoms with Crippen LogP contribution in [0.15, 0.2) is 83.8 Å². The molecule has 0 saturated carbocycles. The molecule has 0 saturated heterocycles. The zero-order valence-corrected chi connectivity index (χ0v) is 20.2. The van der Waals surface area contributed by atoms with Crippen LogP contribution in [0, 0.1) is 5.92 Å². The van der Waals surface area contributed by atoms with Crippen LogP contribution in [0.1, 0.15) is 42.0 Å². The number of alkyl halides is 3. The molecule has 188 valence electrons. The van der Waals surface area contributed by atoms with E-state index in [4.69, 9.17) is 4.74 Å². The minimum Gasteiger partial charge on any atom is -0.494 e. The highest BCUT2D eigenvalue weighted by atomic mass is 32.2. The Morgan fingerprint density at radius 3 is 2.56 bits per heavy atom. The van der Waals surface area contributed by atoms with Gasteiger partial charge in [0.2, 0.25) is 0 Å². The molecule has 1 aliphatic carbocycles. The zero-order chi connectivity index (χ0) is 25.5. The minimum atomic E-state index is -4.57. The summed E-state index contributed by atoms with van der Waals surface area (Å²) in [5.74, 6) is 1.02. The lowest BCUT2D eigenvalue weighted by atomic mass is 9.77. The van der Waals surface area contributed by atoms with Gasteiger partial charge in [0, 0.05) is 17.3 Å². The van der Waals surface area contributed by atoms with Gasteiger partial charge < -0.3 is 10.1 Å². The summed E-state index contributed by atoms with van der Waals surface area (Å²) in [7, 11) is -4.10. The van der Waals surface area contributed by atoms with E-state index in [2.05, 4.69) is 22.2 Å². The molecule has 5 rings (SSSR count). The topological polar surface area (TPSA) is 67.4 Å². The van der Waals surface area contributed by atoms with Crippen molar-refractivity contribution in [3.63, 3.8) is 0 Å². The first kappa shape index (κ1) is 24.2. The lowest BCUT2D eigenvalue weighted by molar-refractivity contribution is -0.137. The highest BCUT2D eigenvalue weighted by Crippen LogP contribution is 2.50.